The molecule has 0 heterocycles. The smallest absolute Gasteiger partial charge is 0.311 e. The molecular weight excluding hydrogens is 216 g/mol. The molecular formula is C14H26O3. The van der Waals surface area contributed by atoms with Gasteiger partial charge in [-0.05, 0) is 25.2 Å². The van der Waals surface area contributed by atoms with Gasteiger partial charge in [-0.15, -0.1) is 0 Å². The van der Waals surface area contributed by atoms with Crippen LogP contribution in [0.2, 0.25) is 0 Å². The zero-order valence-electron chi connectivity index (χ0n) is 11.4. The van der Waals surface area contributed by atoms with Gasteiger partial charge in [0.25, 0.3) is 0 Å². The van der Waals surface area contributed by atoms with Crippen molar-refractivity contribution in [3.8, 4) is 0 Å². The quantitative estimate of drug-likeness (QED) is 0.754. The Kier molecular flexibility index (Phi) is 5.44. The first-order chi connectivity index (χ1) is 8.06. The Morgan fingerprint density at radius 1 is 1.53 bits per heavy atom. The largest absolute Gasteiger partial charge is 0.469 e. The van der Waals surface area contributed by atoms with E-state index in [4.69, 9.17) is 4.74 Å². The number of ether oxygens (including phenoxy) is 1. The van der Waals surface area contributed by atoms with Crippen LogP contribution in [0, 0.1) is 11.8 Å². The lowest BCUT2D eigenvalue weighted by atomic mass is 9.68. The highest BCUT2D eigenvalue weighted by Crippen LogP contribution is 2.41. The molecule has 3 nitrogen and oxygen atoms in total. The summed E-state index contributed by atoms with van der Waals surface area (Å²) in [6, 6.07) is 0. The summed E-state index contributed by atoms with van der Waals surface area (Å²) in [5, 5.41) is 10.8. The van der Waals surface area contributed by atoms with E-state index in [9.17, 15) is 9.90 Å². The summed E-state index contributed by atoms with van der Waals surface area (Å²) in [7, 11) is 1.41. The van der Waals surface area contributed by atoms with E-state index in [-0.39, 0.29) is 17.8 Å². The second kappa shape index (κ2) is 6.39. The number of carbonyl (C=O) groups is 1. The lowest BCUT2D eigenvalue weighted by Crippen LogP contribution is -2.49. The Morgan fingerprint density at radius 2 is 2.24 bits per heavy atom. The highest BCUT2D eigenvalue weighted by atomic mass is 16.5. The number of aliphatic hydroxyl groups is 1. The third-order valence-corrected chi connectivity index (χ3v) is 4.25. The van der Waals surface area contributed by atoms with Gasteiger partial charge in [0.05, 0.1) is 18.6 Å². The van der Waals surface area contributed by atoms with Crippen LogP contribution in [0.15, 0.2) is 0 Å². The molecule has 1 rings (SSSR count). The van der Waals surface area contributed by atoms with Gasteiger partial charge in [0.2, 0.25) is 0 Å². The van der Waals surface area contributed by atoms with Gasteiger partial charge in [-0.25, -0.2) is 0 Å². The normalized spacial score (nSPS) is 30.9. The summed E-state index contributed by atoms with van der Waals surface area (Å²) in [4.78, 5) is 11.9. The number of hydrogen-bond donors (Lipinski definition) is 1. The van der Waals surface area contributed by atoms with Crippen molar-refractivity contribution in [2.24, 2.45) is 11.8 Å². The van der Waals surface area contributed by atoms with Crippen molar-refractivity contribution in [3.05, 3.63) is 0 Å². The first-order valence-corrected chi connectivity index (χ1v) is 6.86. The average molecular weight is 242 g/mol. The van der Waals surface area contributed by atoms with Crippen LogP contribution in [0.3, 0.4) is 0 Å². The zero-order chi connectivity index (χ0) is 12.9. The maximum absolute atomic E-state index is 11.9. The summed E-state index contributed by atoms with van der Waals surface area (Å²) in [6.45, 7) is 4.16. The fraction of sp³-hybridized carbons (Fsp3) is 0.929. The molecule has 1 aliphatic rings. The molecule has 0 aromatic carbocycles. The van der Waals surface area contributed by atoms with Gasteiger partial charge >= 0.3 is 5.97 Å². The fourth-order valence-corrected chi connectivity index (χ4v) is 3.00. The molecule has 3 atom stereocenters. The molecule has 0 saturated heterocycles. The highest BCUT2D eigenvalue weighted by Gasteiger charge is 2.46. The Hall–Kier alpha value is -0.570. The van der Waals surface area contributed by atoms with E-state index < -0.39 is 5.60 Å². The summed E-state index contributed by atoms with van der Waals surface area (Å²) >= 11 is 0. The molecule has 0 aromatic heterocycles. The van der Waals surface area contributed by atoms with Crippen molar-refractivity contribution >= 4 is 5.97 Å². The summed E-state index contributed by atoms with van der Waals surface area (Å²) < 4.78 is 4.88. The standard InChI is InChI=1S/C14H26O3/c1-4-5-9-12(13(15)17-3)14(16)10-7-6-8-11(14)2/h11-12,16H,4-10H2,1-3H3. The maximum atomic E-state index is 11.9. The molecule has 0 spiro atoms. The molecule has 0 aliphatic heterocycles. The zero-order valence-corrected chi connectivity index (χ0v) is 11.4. The Labute approximate surface area is 105 Å². The number of methoxy groups -OCH3 is 1. The lowest BCUT2D eigenvalue weighted by Gasteiger charge is -2.42. The molecule has 1 aliphatic carbocycles. The molecule has 1 fully saturated rings. The molecule has 0 radical (unpaired) electrons. The van der Waals surface area contributed by atoms with Crippen molar-refractivity contribution in [2.75, 3.05) is 7.11 Å². The summed E-state index contributed by atoms with van der Waals surface area (Å²) in [6.07, 6.45) is 6.66. The number of unbranched alkanes of at least 4 members (excludes halogenated alkanes) is 1. The van der Waals surface area contributed by atoms with Crippen LogP contribution in [0.4, 0.5) is 0 Å². The maximum Gasteiger partial charge on any atom is 0.311 e. The number of rotatable bonds is 5. The van der Waals surface area contributed by atoms with Crippen LogP contribution in [0.1, 0.15) is 58.8 Å². The second-order valence-electron chi connectivity index (χ2n) is 5.36. The van der Waals surface area contributed by atoms with Crippen LogP contribution in [-0.2, 0) is 9.53 Å². The molecule has 1 saturated carbocycles. The van der Waals surface area contributed by atoms with Crippen molar-refractivity contribution in [1.82, 2.24) is 0 Å². The van der Waals surface area contributed by atoms with Crippen molar-refractivity contribution < 1.29 is 14.6 Å². The summed E-state index contributed by atoms with van der Waals surface area (Å²) in [5.74, 6) is -0.394. The van der Waals surface area contributed by atoms with Crippen LogP contribution in [0.25, 0.3) is 0 Å². The third kappa shape index (κ3) is 3.21. The fourth-order valence-electron chi connectivity index (χ4n) is 3.00. The van der Waals surface area contributed by atoms with Crippen LogP contribution >= 0.6 is 0 Å². The SMILES string of the molecule is CCCCC(C(=O)OC)C1(O)CCCCC1C. The minimum Gasteiger partial charge on any atom is -0.469 e. The minimum absolute atomic E-state index is 0.192. The third-order valence-electron chi connectivity index (χ3n) is 4.25. The molecule has 3 heteroatoms. The van der Waals surface area contributed by atoms with Gasteiger partial charge in [0.15, 0.2) is 0 Å². The van der Waals surface area contributed by atoms with E-state index in [1.54, 1.807) is 0 Å². The van der Waals surface area contributed by atoms with Gasteiger partial charge in [-0.2, -0.15) is 0 Å². The van der Waals surface area contributed by atoms with Crippen molar-refractivity contribution in [1.29, 1.82) is 0 Å². The van der Waals surface area contributed by atoms with Crippen LogP contribution < -0.4 is 0 Å². The van der Waals surface area contributed by atoms with Crippen molar-refractivity contribution in [2.45, 2.75) is 64.4 Å². The van der Waals surface area contributed by atoms with E-state index in [2.05, 4.69) is 13.8 Å². The van der Waals surface area contributed by atoms with Gasteiger partial charge in [-0.3, -0.25) is 4.79 Å². The molecule has 100 valence electrons. The first kappa shape index (κ1) is 14.5. The Balaban J connectivity index is 2.81. The Morgan fingerprint density at radius 3 is 2.76 bits per heavy atom. The Bertz CT molecular complexity index is 252. The predicted molar refractivity (Wildman–Crippen MR) is 67.6 cm³/mol. The molecule has 17 heavy (non-hydrogen) atoms. The van der Waals surface area contributed by atoms with E-state index in [1.807, 2.05) is 0 Å². The second-order valence-corrected chi connectivity index (χ2v) is 5.36. The summed E-state index contributed by atoms with van der Waals surface area (Å²) in [5.41, 5.74) is -0.847. The van der Waals surface area contributed by atoms with E-state index in [0.717, 1.165) is 44.9 Å². The minimum atomic E-state index is -0.847. The van der Waals surface area contributed by atoms with E-state index >= 15 is 0 Å². The molecule has 3 unspecified atom stereocenters. The molecule has 1 N–H and O–H groups in total. The monoisotopic (exact) mass is 242 g/mol. The number of carbonyl (C=O) groups excluding carboxylic acids is 1. The van der Waals surface area contributed by atoms with Crippen LogP contribution in [0.5, 0.6) is 0 Å². The molecule has 0 aromatic rings. The van der Waals surface area contributed by atoms with Crippen molar-refractivity contribution in [3.63, 3.8) is 0 Å². The van der Waals surface area contributed by atoms with E-state index in [0.29, 0.717) is 0 Å². The number of hydrogen-bond acceptors (Lipinski definition) is 3. The van der Waals surface area contributed by atoms with Crippen LogP contribution in [-0.4, -0.2) is 23.8 Å². The highest BCUT2D eigenvalue weighted by molar-refractivity contribution is 5.73. The topological polar surface area (TPSA) is 46.5 Å². The van der Waals surface area contributed by atoms with Gasteiger partial charge in [0.1, 0.15) is 0 Å². The lowest BCUT2D eigenvalue weighted by molar-refractivity contribution is -0.165. The molecule has 0 bridgehead atoms. The van der Waals surface area contributed by atoms with E-state index in [1.165, 1.54) is 7.11 Å². The first-order valence-electron chi connectivity index (χ1n) is 6.86. The average Bonchev–Trinajstić information content (AvgIpc) is 2.33. The van der Waals surface area contributed by atoms with Gasteiger partial charge in [-0.1, -0.05) is 39.5 Å². The molecule has 0 amide bonds. The van der Waals surface area contributed by atoms with Gasteiger partial charge in [0, 0.05) is 0 Å². The predicted octanol–water partition coefficient (Wildman–Crippen LogP) is 2.91. The van der Waals surface area contributed by atoms with Gasteiger partial charge < -0.3 is 9.84 Å². The number of esters is 1.